The summed E-state index contributed by atoms with van der Waals surface area (Å²) in [4.78, 5) is 24.2. The molecule has 3 rings (SSSR count). The Bertz CT molecular complexity index is 856. The minimum absolute atomic E-state index is 0.155. The summed E-state index contributed by atoms with van der Waals surface area (Å²) in [6, 6.07) is 12.5. The van der Waals surface area contributed by atoms with E-state index in [2.05, 4.69) is 15.7 Å². The first kappa shape index (κ1) is 17.5. The van der Waals surface area contributed by atoms with Gasteiger partial charge in [-0.15, -0.1) is 0 Å². The number of carbonyl (C=O) groups excluding carboxylic acids is 2. The second kappa shape index (κ2) is 8.15. The van der Waals surface area contributed by atoms with Gasteiger partial charge in [0.2, 0.25) is 11.8 Å². The number of hydrogen-bond donors (Lipinski definition) is 2. The molecule has 0 saturated carbocycles. The van der Waals surface area contributed by atoms with E-state index in [0.29, 0.717) is 5.76 Å². The molecule has 0 radical (unpaired) electrons. The fourth-order valence-corrected chi connectivity index (χ4v) is 2.46. The van der Waals surface area contributed by atoms with Gasteiger partial charge in [0.05, 0.1) is 31.1 Å². The molecule has 0 aliphatic heterocycles. The molecule has 7 heteroatoms. The minimum Gasteiger partial charge on any atom is -0.467 e. The lowest BCUT2D eigenvalue weighted by molar-refractivity contribution is -0.128. The average molecular weight is 352 g/mol. The first-order chi connectivity index (χ1) is 12.6. The molecular weight excluding hydrogens is 332 g/mol. The van der Waals surface area contributed by atoms with Crippen molar-refractivity contribution >= 4 is 11.8 Å². The van der Waals surface area contributed by atoms with Crippen LogP contribution in [0.4, 0.5) is 0 Å². The fourth-order valence-electron chi connectivity index (χ4n) is 2.46. The Kier molecular flexibility index (Phi) is 5.48. The third-order valence-electron chi connectivity index (χ3n) is 3.81. The van der Waals surface area contributed by atoms with Crippen molar-refractivity contribution in [3.63, 3.8) is 0 Å². The van der Waals surface area contributed by atoms with E-state index in [-0.39, 0.29) is 24.8 Å². The lowest BCUT2D eigenvalue weighted by Gasteiger charge is -2.13. The molecule has 7 nitrogen and oxygen atoms in total. The average Bonchev–Trinajstić information content (AvgIpc) is 3.32. The molecule has 134 valence electrons. The number of aromatic nitrogens is 2. The third-order valence-corrected chi connectivity index (χ3v) is 3.81. The normalized spacial score (nSPS) is 11.7. The number of amides is 2. The maximum atomic E-state index is 12.2. The summed E-state index contributed by atoms with van der Waals surface area (Å²) in [7, 11) is 0. The molecule has 1 aromatic carbocycles. The zero-order valence-electron chi connectivity index (χ0n) is 14.4. The van der Waals surface area contributed by atoms with Crippen molar-refractivity contribution in [2.75, 3.05) is 0 Å². The number of nitrogens with zero attached hydrogens (tertiary/aromatic N) is 2. The zero-order valence-corrected chi connectivity index (χ0v) is 14.4. The molecule has 2 heterocycles. The van der Waals surface area contributed by atoms with E-state index in [0.717, 1.165) is 11.3 Å². The molecule has 1 atom stereocenters. The topological polar surface area (TPSA) is 89.2 Å². The zero-order chi connectivity index (χ0) is 18.4. The minimum atomic E-state index is -0.637. The molecule has 3 aromatic rings. The Morgan fingerprint density at radius 2 is 2.00 bits per heavy atom. The van der Waals surface area contributed by atoms with Gasteiger partial charge in [-0.3, -0.25) is 9.59 Å². The van der Waals surface area contributed by atoms with Gasteiger partial charge in [0.25, 0.3) is 0 Å². The molecule has 1 unspecified atom stereocenters. The van der Waals surface area contributed by atoms with Crippen LogP contribution in [0.1, 0.15) is 18.2 Å². The van der Waals surface area contributed by atoms with Crippen LogP contribution in [0.5, 0.6) is 0 Å². The van der Waals surface area contributed by atoms with Crippen molar-refractivity contribution in [2.45, 2.75) is 25.9 Å². The molecular formula is C19H20N4O3. The first-order valence-electron chi connectivity index (χ1n) is 8.30. The third kappa shape index (κ3) is 4.60. The second-order valence-electron chi connectivity index (χ2n) is 5.89. The van der Waals surface area contributed by atoms with Gasteiger partial charge in [0, 0.05) is 6.20 Å². The highest BCUT2D eigenvalue weighted by Crippen LogP contribution is 2.08. The standard InChI is InChI=1S/C19H20N4O3/c1-14(19(25)20-12-17-8-5-9-26-17)22-18(24)10-15-11-21-23(13-15)16-6-3-2-4-7-16/h2-9,11,13-14H,10,12H2,1H3,(H,20,25)(H,22,24). The lowest BCUT2D eigenvalue weighted by atomic mass is 10.2. The van der Waals surface area contributed by atoms with E-state index in [1.807, 2.05) is 30.3 Å². The molecule has 0 spiro atoms. The molecule has 2 amide bonds. The van der Waals surface area contributed by atoms with Crippen molar-refractivity contribution in [1.29, 1.82) is 0 Å². The maximum Gasteiger partial charge on any atom is 0.242 e. The van der Waals surface area contributed by atoms with Gasteiger partial charge in [-0.25, -0.2) is 4.68 Å². The van der Waals surface area contributed by atoms with Crippen LogP contribution in [0.15, 0.2) is 65.5 Å². The van der Waals surface area contributed by atoms with E-state index in [9.17, 15) is 9.59 Å². The van der Waals surface area contributed by atoms with Crippen molar-refractivity contribution in [3.05, 3.63) is 72.4 Å². The summed E-state index contributed by atoms with van der Waals surface area (Å²) in [5.74, 6) is 0.151. The van der Waals surface area contributed by atoms with Crippen molar-refractivity contribution in [3.8, 4) is 5.69 Å². The second-order valence-corrected chi connectivity index (χ2v) is 5.89. The van der Waals surface area contributed by atoms with Crippen LogP contribution >= 0.6 is 0 Å². The molecule has 26 heavy (non-hydrogen) atoms. The van der Waals surface area contributed by atoms with Crippen LogP contribution in [-0.4, -0.2) is 27.6 Å². The number of carbonyl (C=O) groups is 2. The smallest absolute Gasteiger partial charge is 0.242 e. The SMILES string of the molecule is CC(NC(=O)Cc1cnn(-c2ccccc2)c1)C(=O)NCc1ccco1. The first-order valence-corrected chi connectivity index (χ1v) is 8.30. The van der Waals surface area contributed by atoms with E-state index in [4.69, 9.17) is 4.42 Å². The van der Waals surface area contributed by atoms with Gasteiger partial charge < -0.3 is 15.1 Å². The summed E-state index contributed by atoms with van der Waals surface area (Å²) in [6.07, 6.45) is 5.15. The largest absolute Gasteiger partial charge is 0.467 e. The van der Waals surface area contributed by atoms with E-state index < -0.39 is 6.04 Å². The Hall–Kier alpha value is -3.35. The monoisotopic (exact) mass is 352 g/mol. The van der Waals surface area contributed by atoms with E-state index >= 15 is 0 Å². The van der Waals surface area contributed by atoms with Gasteiger partial charge in [-0.05, 0) is 36.8 Å². The van der Waals surface area contributed by atoms with Crippen LogP contribution in [0, 0.1) is 0 Å². The predicted molar refractivity (Wildman–Crippen MR) is 95.4 cm³/mol. The van der Waals surface area contributed by atoms with Gasteiger partial charge >= 0.3 is 0 Å². The van der Waals surface area contributed by atoms with Crippen LogP contribution in [0.25, 0.3) is 5.69 Å². The Balaban J connectivity index is 1.49. The number of benzene rings is 1. The summed E-state index contributed by atoms with van der Waals surface area (Å²) in [5.41, 5.74) is 1.69. The molecule has 0 saturated heterocycles. The summed E-state index contributed by atoms with van der Waals surface area (Å²) in [6.45, 7) is 1.93. The number of furan rings is 1. The van der Waals surface area contributed by atoms with Crippen molar-refractivity contribution in [2.24, 2.45) is 0 Å². The summed E-state index contributed by atoms with van der Waals surface area (Å²) >= 11 is 0. The number of rotatable bonds is 7. The van der Waals surface area contributed by atoms with Crippen molar-refractivity contribution < 1.29 is 14.0 Å². The van der Waals surface area contributed by atoms with Crippen LogP contribution in [0.2, 0.25) is 0 Å². The Morgan fingerprint density at radius 1 is 1.19 bits per heavy atom. The van der Waals surface area contributed by atoms with Crippen molar-refractivity contribution in [1.82, 2.24) is 20.4 Å². The Labute approximate surface area is 151 Å². The molecule has 0 fully saturated rings. The number of para-hydroxylation sites is 1. The quantitative estimate of drug-likeness (QED) is 0.679. The number of nitrogens with one attached hydrogen (secondary N) is 2. The van der Waals surface area contributed by atoms with E-state index in [1.165, 1.54) is 0 Å². The lowest BCUT2D eigenvalue weighted by Crippen LogP contribution is -2.45. The number of hydrogen-bond acceptors (Lipinski definition) is 4. The summed E-state index contributed by atoms with van der Waals surface area (Å²) < 4.78 is 6.86. The highest BCUT2D eigenvalue weighted by atomic mass is 16.3. The molecule has 2 N–H and O–H groups in total. The van der Waals surface area contributed by atoms with E-state index in [1.54, 1.807) is 42.4 Å². The highest BCUT2D eigenvalue weighted by Gasteiger charge is 2.16. The molecule has 0 aliphatic rings. The van der Waals surface area contributed by atoms with Gasteiger partial charge in [-0.1, -0.05) is 18.2 Å². The van der Waals surface area contributed by atoms with Gasteiger partial charge in [0.1, 0.15) is 11.8 Å². The van der Waals surface area contributed by atoms with Gasteiger partial charge in [-0.2, -0.15) is 5.10 Å². The van der Waals surface area contributed by atoms with Crippen LogP contribution < -0.4 is 10.6 Å². The Morgan fingerprint density at radius 3 is 2.73 bits per heavy atom. The maximum absolute atomic E-state index is 12.2. The molecule has 0 bridgehead atoms. The highest BCUT2D eigenvalue weighted by molar-refractivity contribution is 5.87. The fraction of sp³-hybridized carbons (Fsp3) is 0.211. The molecule has 2 aromatic heterocycles. The van der Waals surface area contributed by atoms with Gasteiger partial charge in [0.15, 0.2) is 0 Å². The predicted octanol–water partition coefficient (Wildman–Crippen LogP) is 1.83. The molecule has 0 aliphatic carbocycles. The van der Waals surface area contributed by atoms with Crippen LogP contribution in [-0.2, 0) is 22.6 Å². The summed E-state index contributed by atoms with van der Waals surface area (Å²) in [5, 5.41) is 9.66. The van der Waals surface area contributed by atoms with Crippen LogP contribution in [0.3, 0.4) is 0 Å².